The van der Waals surface area contributed by atoms with E-state index in [1.165, 1.54) is 30.4 Å². The molecule has 0 aromatic rings. The summed E-state index contributed by atoms with van der Waals surface area (Å²) in [4.78, 5) is 48.8. The second kappa shape index (κ2) is 15.4. The Morgan fingerprint density at radius 2 is 1.30 bits per heavy atom. The maximum absolute atomic E-state index is 12.9. The Morgan fingerprint density at radius 1 is 0.867 bits per heavy atom. The minimum Gasteiger partial charge on any atom is -0.480 e. The summed E-state index contributed by atoms with van der Waals surface area (Å²) in [5.74, 6) is -1.43. The van der Waals surface area contributed by atoms with Gasteiger partial charge in [0.1, 0.15) is 18.1 Å². The lowest BCUT2D eigenvalue weighted by Crippen LogP contribution is -2.57. The molecule has 0 aliphatic heterocycles. The Balaban J connectivity index is 5.28. The first kappa shape index (κ1) is 28.5. The zero-order chi connectivity index (χ0) is 23.3. The maximum Gasteiger partial charge on any atom is 0.325 e. The Kier molecular flexibility index (Phi) is 14.6. The number of nitrogens with one attached hydrogen (secondary N) is 3. The smallest absolute Gasteiger partial charge is 0.325 e. The number of aliphatic carboxylic acids is 1. The van der Waals surface area contributed by atoms with Gasteiger partial charge in [0.25, 0.3) is 0 Å². The van der Waals surface area contributed by atoms with Crippen LogP contribution in [0, 0.1) is 5.92 Å². The maximum atomic E-state index is 12.9. The summed E-state index contributed by atoms with van der Waals surface area (Å²) >= 11 is 3.04. The summed E-state index contributed by atoms with van der Waals surface area (Å²) in [6.07, 6.45) is 5.21. The molecule has 0 aliphatic carbocycles. The van der Waals surface area contributed by atoms with Gasteiger partial charge in [-0.3, -0.25) is 19.2 Å². The molecule has 6 N–H and O–H groups in total. The molecule has 0 aliphatic rings. The van der Waals surface area contributed by atoms with Crippen molar-refractivity contribution in [3.8, 4) is 0 Å². The number of carbonyl (C=O) groups excluding carboxylic acids is 3. The number of hydrogen-bond acceptors (Lipinski definition) is 7. The fourth-order valence-electron chi connectivity index (χ4n) is 2.44. The standard InChI is InChI=1S/C19H36N4O5S2/c1-6-11(2)15(20)18(26)23-14(8-10-30-5)17(25)22-13(7-9-29-4)16(24)21-12(3)19(27)28/h11-15H,6-10,20H2,1-5H3,(H,21,24)(H,22,25)(H,23,26)(H,27,28). The molecule has 5 atom stereocenters. The van der Waals surface area contributed by atoms with Gasteiger partial charge in [-0.1, -0.05) is 20.3 Å². The van der Waals surface area contributed by atoms with Crippen molar-refractivity contribution >= 4 is 47.2 Å². The Bertz CT molecular complexity index is 579. The third-order valence-corrected chi connectivity index (χ3v) is 6.06. The normalized spacial score (nSPS) is 15.9. The zero-order valence-electron chi connectivity index (χ0n) is 18.4. The molecule has 5 unspecified atom stereocenters. The number of thioether (sulfide) groups is 2. The zero-order valence-corrected chi connectivity index (χ0v) is 20.0. The predicted molar refractivity (Wildman–Crippen MR) is 123 cm³/mol. The molecule has 0 heterocycles. The number of carbonyl (C=O) groups is 4. The summed E-state index contributed by atoms with van der Waals surface area (Å²) < 4.78 is 0. The van der Waals surface area contributed by atoms with Crippen LogP contribution in [0.1, 0.15) is 40.0 Å². The van der Waals surface area contributed by atoms with Crippen LogP contribution in [0.5, 0.6) is 0 Å². The lowest BCUT2D eigenvalue weighted by Gasteiger charge is -2.25. The number of hydrogen-bond donors (Lipinski definition) is 5. The largest absolute Gasteiger partial charge is 0.480 e. The van der Waals surface area contributed by atoms with Crippen LogP contribution in [0.2, 0.25) is 0 Å². The van der Waals surface area contributed by atoms with Crippen molar-refractivity contribution in [1.82, 2.24) is 16.0 Å². The first-order valence-corrected chi connectivity index (χ1v) is 12.7. The molecule has 0 bridgehead atoms. The summed E-state index contributed by atoms with van der Waals surface area (Å²) in [6.45, 7) is 5.15. The molecule has 0 saturated carbocycles. The predicted octanol–water partition coefficient (Wildman–Crippen LogP) is 0.425. The van der Waals surface area contributed by atoms with E-state index in [2.05, 4.69) is 16.0 Å². The van der Waals surface area contributed by atoms with Crippen LogP contribution in [-0.4, -0.2) is 77.0 Å². The Hall–Kier alpha value is -1.46. The van der Waals surface area contributed by atoms with E-state index in [1.54, 1.807) is 0 Å². The molecule has 0 rings (SSSR count). The first-order chi connectivity index (χ1) is 14.1. The molecule has 0 spiro atoms. The summed E-state index contributed by atoms with van der Waals surface area (Å²) in [6, 6.07) is -3.54. The molecule has 9 nitrogen and oxygen atoms in total. The first-order valence-electron chi connectivity index (χ1n) is 9.96. The van der Waals surface area contributed by atoms with Crippen molar-refractivity contribution < 1.29 is 24.3 Å². The average molecular weight is 465 g/mol. The van der Waals surface area contributed by atoms with Gasteiger partial charge in [-0.25, -0.2) is 0 Å². The van der Waals surface area contributed by atoms with E-state index in [-0.39, 0.29) is 5.92 Å². The molecule has 174 valence electrons. The molecule has 0 radical (unpaired) electrons. The third kappa shape index (κ3) is 10.5. The van der Waals surface area contributed by atoms with Crippen LogP contribution in [0.4, 0.5) is 0 Å². The molecule has 0 aromatic carbocycles. The summed E-state index contributed by atoms with van der Waals surface area (Å²) in [5, 5.41) is 16.8. The highest BCUT2D eigenvalue weighted by Crippen LogP contribution is 2.08. The van der Waals surface area contributed by atoms with E-state index in [0.29, 0.717) is 24.3 Å². The monoisotopic (exact) mass is 464 g/mol. The number of amides is 3. The van der Waals surface area contributed by atoms with Gasteiger partial charge in [0, 0.05) is 0 Å². The van der Waals surface area contributed by atoms with Crippen LogP contribution in [0.15, 0.2) is 0 Å². The average Bonchev–Trinajstić information content (AvgIpc) is 2.71. The van der Waals surface area contributed by atoms with Crippen molar-refractivity contribution in [2.24, 2.45) is 11.7 Å². The van der Waals surface area contributed by atoms with Gasteiger partial charge in [-0.15, -0.1) is 0 Å². The molecule has 3 amide bonds. The van der Waals surface area contributed by atoms with Crippen molar-refractivity contribution in [3.63, 3.8) is 0 Å². The van der Waals surface area contributed by atoms with Gasteiger partial charge < -0.3 is 26.8 Å². The SMILES string of the molecule is CCC(C)C(N)C(=O)NC(CCSC)C(=O)NC(CCSC)C(=O)NC(C)C(=O)O. The van der Waals surface area contributed by atoms with Crippen molar-refractivity contribution in [1.29, 1.82) is 0 Å². The van der Waals surface area contributed by atoms with Gasteiger partial charge in [0.15, 0.2) is 0 Å². The van der Waals surface area contributed by atoms with Crippen LogP contribution >= 0.6 is 23.5 Å². The van der Waals surface area contributed by atoms with Gasteiger partial charge in [-0.2, -0.15) is 23.5 Å². The molecule has 30 heavy (non-hydrogen) atoms. The number of carboxylic acid groups (broad SMARTS) is 1. The topological polar surface area (TPSA) is 151 Å². The van der Waals surface area contributed by atoms with E-state index in [9.17, 15) is 19.2 Å². The number of rotatable bonds is 15. The molecular formula is C19H36N4O5S2. The molecule has 0 fully saturated rings. The van der Waals surface area contributed by atoms with Crippen molar-refractivity contribution in [3.05, 3.63) is 0 Å². The third-order valence-electron chi connectivity index (χ3n) is 4.78. The fourth-order valence-corrected chi connectivity index (χ4v) is 3.38. The highest BCUT2D eigenvalue weighted by atomic mass is 32.2. The van der Waals surface area contributed by atoms with E-state index < -0.39 is 47.9 Å². The highest BCUT2D eigenvalue weighted by Gasteiger charge is 2.29. The molecule has 0 saturated heterocycles. The van der Waals surface area contributed by atoms with E-state index >= 15 is 0 Å². The highest BCUT2D eigenvalue weighted by molar-refractivity contribution is 7.98. The second-order valence-electron chi connectivity index (χ2n) is 7.17. The van der Waals surface area contributed by atoms with Crippen LogP contribution in [0.3, 0.4) is 0 Å². The summed E-state index contributed by atoms with van der Waals surface area (Å²) in [7, 11) is 0. The Morgan fingerprint density at radius 3 is 1.70 bits per heavy atom. The second-order valence-corrected chi connectivity index (χ2v) is 9.14. The quantitative estimate of drug-likeness (QED) is 0.234. The number of carboxylic acids is 1. The van der Waals surface area contributed by atoms with Gasteiger partial charge in [0.05, 0.1) is 6.04 Å². The lowest BCUT2D eigenvalue weighted by atomic mass is 9.99. The van der Waals surface area contributed by atoms with Crippen molar-refractivity contribution in [2.75, 3.05) is 24.0 Å². The lowest BCUT2D eigenvalue weighted by molar-refractivity contribution is -0.141. The van der Waals surface area contributed by atoms with Crippen molar-refractivity contribution in [2.45, 2.75) is 64.2 Å². The number of nitrogens with two attached hydrogens (primary N) is 1. The van der Waals surface area contributed by atoms with Crippen LogP contribution in [-0.2, 0) is 19.2 Å². The van der Waals surface area contributed by atoms with E-state index in [1.807, 2.05) is 26.4 Å². The van der Waals surface area contributed by atoms with Gasteiger partial charge in [0.2, 0.25) is 17.7 Å². The fraction of sp³-hybridized carbons (Fsp3) is 0.789. The van der Waals surface area contributed by atoms with E-state index in [4.69, 9.17) is 10.8 Å². The molecular weight excluding hydrogens is 428 g/mol. The van der Waals surface area contributed by atoms with Crippen LogP contribution in [0.25, 0.3) is 0 Å². The molecule has 0 aromatic heterocycles. The van der Waals surface area contributed by atoms with Gasteiger partial charge >= 0.3 is 5.97 Å². The minimum absolute atomic E-state index is 0.0353. The Labute approximate surface area is 187 Å². The van der Waals surface area contributed by atoms with Gasteiger partial charge in [-0.05, 0) is 49.7 Å². The van der Waals surface area contributed by atoms with Crippen LogP contribution < -0.4 is 21.7 Å². The minimum atomic E-state index is -1.16. The van der Waals surface area contributed by atoms with E-state index in [0.717, 1.165) is 6.42 Å². The molecule has 11 heteroatoms. The summed E-state index contributed by atoms with van der Waals surface area (Å²) in [5.41, 5.74) is 5.98.